The third-order valence-electron chi connectivity index (χ3n) is 3.65. The van der Waals surface area contributed by atoms with E-state index in [4.69, 9.17) is 4.74 Å². The second-order valence-electron chi connectivity index (χ2n) is 5.19. The summed E-state index contributed by atoms with van der Waals surface area (Å²) in [5, 5.41) is 3.57. The van der Waals surface area contributed by atoms with E-state index in [0.717, 1.165) is 12.3 Å². The lowest BCUT2D eigenvalue weighted by Crippen LogP contribution is -2.18. The summed E-state index contributed by atoms with van der Waals surface area (Å²) in [6, 6.07) is 15.3. The molecule has 1 atom stereocenters. The first-order chi connectivity index (χ1) is 10.1. The Hall–Kier alpha value is -1.45. The van der Waals surface area contributed by atoms with Crippen LogP contribution in [0, 0.1) is 6.92 Å². The molecule has 0 aliphatic rings. The second-order valence-corrected chi connectivity index (χ2v) is 6.07. The quantitative estimate of drug-likeness (QED) is 0.789. The number of thioether (sulfide) groups is 1. The molecule has 0 aliphatic carbocycles. The Morgan fingerprint density at radius 3 is 2.48 bits per heavy atom. The predicted octanol–water partition coefficient (Wildman–Crippen LogP) is 4.58. The molecule has 0 amide bonds. The fraction of sp³-hybridized carbons (Fsp3) is 0.333. The van der Waals surface area contributed by atoms with Crippen molar-refractivity contribution in [2.24, 2.45) is 0 Å². The fourth-order valence-electron chi connectivity index (χ4n) is 2.32. The average molecular weight is 301 g/mol. The summed E-state index contributed by atoms with van der Waals surface area (Å²) in [5.74, 6) is 0.943. The molecule has 2 nitrogen and oxygen atoms in total. The maximum absolute atomic E-state index is 5.43. The zero-order valence-electron chi connectivity index (χ0n) is 13.1. The van der Waals surface area contributed by atoms with Gasteiger partial charge in [0.05, 0.1) is 7.11 Å². The molecule has 0 bridgehead atoms. The van der Waals surface area contributed by atoms with E-state index in [-0.39, 0.29) is 0 Å². The zero-order chi connectivity index (χ0) is 15.2. The average Bonchev–Trinajstić information content (AvgIpc) is 2.52. The first kappa shape index (κ1) is 15.9. The van der Waals surface area contributed by atoms with E-state index in [0.29, 0.717) is 6.04 Å². The monoisotopic (exact) mass is 301 g/mol. The van der Waals surface area contributed by atoms with Crippen molar-refractivity contribution in [2.75, 3.05) is 13.4 Å². The summed E-state index contributed by atoms with van der Waals surface area (Å²) in [7, 11) is 1.72. The van der Waals surface area contributed by atoms with Gasteiger partial charge in [0.1, 0.15) is 5.75 Å². The number of benzene rings is 2. The first-order valence-corrected chi connectivity index (χ1v) is 8.37. The van der Waals surface area contributed by atoms with Crippen molar-refractivity contribution in [1.29, 1.82) is 0 Å². The molecule has 0 saturated carbocycles. The van der Waals surface area contributed by atoms with Crippen molar-refractivity contribution in [3.63, 3.8) is 0 Å². The second kappa shape index (κ2) is 7.53. The molecule has 0 aromatic heterocycles. The van der Waals surface area contributed by atoms with Crippen LogP contribution >= 0.6 is 11.8 Å². The molecule has 112 valence electrons. The Kier molecular flexibility index (Phi) is 5.71. The van der Waals surface area contributed by atoms with Crippen LogP contribution in [0.2, 0.25) is 0 Å². The number of ether oxygens (including phenoxy) is 1. The lowest BCUT2D eigenvalue weighted by Gasteiger charge is -2.16. The highest BCUT2D eigenvalue weighted by molar-refractivity contribution is 7.98. The van der Waals surface area contributed by atoms with Crippen LogP contribution in [0.3, 0.4) is 0 Å². The van der Waals surface area contributed by atoms with Crippen LogP contribution in [0.5, 0.6) is 5.75 Å². The highest BCUT2D eigenvalue weighted by atomic mass is 32.2. The lowest BCUT2D eigenvalue weighted by molar-refractivity contribution is 0.406. The summed E-state index contributed by atoms with van der Waals surface area (Å²) < 4.78 is 5.43. The topological polar surface area (TPSA) is 21.3 Å². The summed E-state index contributed by atoms with van der Waals surface area (Å²) >= 11 is 1.77. The largest absolute Gasteiger partial charge is 0.496 e. The number of rotatable bonds is 6. The van der Waals surface area contributed by atoms with Crippen LogP contribution < -0.4 is 10.1 Å². The SMILES string of the molecule is COc1ccc(C)cc1CNC(C)c1ccc(SC)cc1. The number of methoxy groups -OCH3 is 1. The molecule has 2 rings (SSSR count). The van der Waals surface area contributed by atoms with E-state index < -0.39 is 0 Å². The molecule has 3 heteroatoms. The minimum Gasteiger partial charge on any atom is -0.496 e. The molecule has 0 radical (unpaired) electrons. The summed E-state index contributed by atoms with van der Waals surface area (Å²) in [6.07, 6.45) is 2.10. The predicted molar refractivity (Wildman–Crippen MR) is 91.2 cm³/mol. The van der Waals surface area contributed by atoms with Crippen LogP contribution in [0.15, 0.2) is 47.4 Å². The molecule has 2 aromatic rings. The van der Waals surface area contributed by atoms with Crippen LogP contribution in [-0.4, -0.2) is 13.4 Å². The van der Waals surface area contributed by atoms with Gasteiger partial charge >= 0.3 is 0 Å². The van der Waals surface area contributed by atoms with Crippen LogP contribution in [0.4, 0.5) is 0 Å². The van der Waals surface area contributed by atoms with Gasteiger partial charge in [-0.1, -0.05) is 29.8 Å². The molecular formula is C18H23NOS. The van der Waals surface area contributed by atoms with Gasteiger partial charge in [0.25, 0.3) is 0 Å². The van der Waals surface area contributed by atoms with Crippen molar-refractivity contribution in [3.8, 4) is 5.75 Å². The maximum atomic E-state index is 5.43. The molecule has 0 spiro atoms. The smallest absolute Gasteiger partial charge is 0.123 e. The van der Waals surface area contributed by atoms with Gasteiger partial charge < -0.3 is 10.1 Å². The molecule has 1 unspecified atom stereocenters. The summed E-state index contributed by atoms with van der Waals surface area (Å²) in [6.45, 7) is 5.10. The maximum Gasteiger partial charge on any atom is 0.123 e. The minimum atomic E-state index is 0.311. The van der Waals surface area contributed by atoms with Gasteiger partial charge in [-0.15, -0.1) is 11.8 Å². The van der Waals surface area contributed by atoms with E-state index in [2.05, 4.69) is 61.8 Å². The Morgan fingerprint density at radius 2 is 1.86 bits per heavy atom. The summed E-state index contributed by atoms with van der Waals surface area (Å²) in [5.41, 5.74) is 3.76. The number of hydrogen-bond donors (Lipinski definition) is 1. The van der Waals surface area contributed by atoms with E-state index in [9.17, 15) is 0 Å². The van der Waals surface area contributed by atoms with E-state index in [1.165, 1.54) is 21.6 Å². The third kappa shape index (κ3) is 4.26. The Morgan fingerprint density at radius 1 is 1.14 bits per heavy atom. The first-order valence-electron chi connectivity index (χ1n) is 7.15. The van der Waals surface area contributed by atoms with Crippen molar-refractivity contribution < 1.29 is 4.74 Å². The molecule has 0 saturated heterocycles. The van der Waals surface area contributed by atoms with Gasteiger partial charge in [-0.2, -0.15) is 0 Å². The molecule has 0 aliphatic heterocycles. The van der Waals surface area contributed by atoms with E-state index >= 15 is 0 Å². The van der Waals surface area contributed by atoms with Gasteiger partial charge in [-0.05, 0) is 43.9 Å². The molecule has 2 aromatic carbocycles. The van der Waals surface area contributed by atoms with Crippen molar-refractivity contribution in [2.45, 2.75) is 31.3 Å². The number of aryl methyl sites for hydroxylation is 1. The molecule has 1 N–H and O–H groups in total. The number of hydrogen-bond acceptors (Lipinski definition) is 3. The third-order valence-corrected chi connectivity index (χ3v) is 4.39. The van der Waals surface area contributed by atoms with Crippen molar-refractivity contribution in [3.05, 3.63) is 59.2 Å². The Bertz CT molecular complexity index is 580. The van der Waals surface area contributed by atoms with Crippen LogP contribution in [-0.2, 0) is 6.54 Å². The standard InChI is InChI=1S/C18H23NOS/c1-13-5-10-18(20-3)16(11-13)12-19-14(2)15-6-8-17(21-4)9-7-15/h5-11,14,19H,12H2,1-4H3. The molecule has 21 heavy (non-hydrogen) atoms. The lowest BCUT2D eigenvalue weighted by atomic mass is 10.1. The van der Waals surface area contributed by atoms with Gasteiger partial charge in [0.2, 0.25) is 0 Å². The zero-order valence-corrected chi connectivity index (χ0v) is 14.0. The van der Waals surface area contributed by atoms with Gasteiger partial charge in [0, 0.05) is 23.0 Å². The van der Waals surface area contributed by atoms with Crippen molar-refractivity contribution in [1.82, 2.24) is 5.32 Å². The highest BCUT2D eigenvalue weighted by Crippen LogP contribution is 2.22. The van der Waals surface area contributed by atoms with E-state index in [1.807, 2.05) is 6.07 Å². The van der Waals surface area contributed by atoms with Crippen LogP contribution in [0.1, 0.15) is 29.7 Å². The van der Waals surface area contributed by atoms with E-state index in [1.54, 1.807) is 18.9 Å². The van der Waals surface area contributed by atoms with Crippen molar-refractivity contribution >= 4 is 11.8 Å². The molecule has 0 heterocycles. The minimum absolute atomic E-state index is 0.311. The normalized spacial score (nSPS) is 12.2. The van der Waals surface area contributed by atoms with Crippen LogP contribution in [0.25, 0.3) is 0 Å². The fourth-order valence-corrected chi connectivity index (χ4v) is 2.73. The molecule has 0 fully saturated rings. The Balaban J connectivity index is 2.03. The van der Waals surface area contributed by atoms with Gasteiger partial charge in [-0.25, -0.2) is 0 Å². The van der Waals surface area contributed by atoms with Gasteiger partial charge in [0.15, 0.2) is 0 Å². The van der Waals surface area contributed by atoms with Gasteiger partial charge in [-0.3, -0.25) is 0 Å². The highest BCUT2D eigenvalue weighted by Gasteiger charge is 2.08. The molecular weight excluding hydrogens is 278 g/mol. The summed E-state index contributed by atoms with van der Waals surface area (Å²) in [4.78, 5) is 1.30. The Labute approximate surface area is 131 Å². The number of nitrogens with one attached hydrogen (secondary N) is 1.